The Balaban J connectivity index is 2.15. The summed E-state index contributed by atoms with van der Waals surface area (Å²) in [6.45, 7) is 4.39. The normalized spacial score (nSPS) is 26.5. The van der Waals surface area contributed by atoms with E-state index in [0.29, 0.717) is 17.6 Å². The Morgan fingerprint density at radius 2 is 1.95 bits per heavy atom. The number of rotatable bonds is 4. The van der Waals surface area contributed by atoms with Gasteiger partial charge in [-0.1, -0.05) is 13.8 Å². The quantitative estimate of drug-likeness (QED) is 0.836. The van der Waals surface area contributed by atoms with Gasteiger partial charge in [-0.3, -0.25) is 0 Å². The first-order valence-corrected chi connectivity index (χ1v) is 8.77. The lowest BCUT2D eigenvalue weighted by molar-refractivity contribution is 0.242. The molecule has 118 valence electrons. The highest BCUT2D eigenvalue weighted by molar-refractivity contribution is 7.89. The summed E-state index contributed by atoms with van der Waals surface area (Å²) in [7, 11) is -2.07. The fourth-order valence-corrected chi connectivity index (χ4v) is 4.23. The molecule has 1 saturated carbocycles. The molecule has 1 fully saturated rings. The van der Waals surface area contributed by atoms with Gasteiger partial charge in [-0.05, 0) is 43.2 Å². The number of anilines is 1. The van der Waals surface area contributed by atoms with Crippen molar-refractivity contribution in [3.05, 3.63) is 18.2 Å². The molecule has 5 nitrogen and oxygen atoms in total. The molecule has 1 aliphatic rings. The highest BCUT2D eigenvalue weighted by Gasteiger charge is 2.29. The molecule has 21 heavy (non-hydrogen) atoms. The minimum absolute atomic E-state index is 0.0114. The van der Waals surface area contributed by atoms with Gasteiger partial charge in [0.05, 0.1) is 12.8 Å². The van der Waals surface area contributed by atoms with Crippen LogP contribution in [0.3, 0.4) is 0 Å². The summed E-state index contributed by atoms with van der Waals surface area (Å²) in [5, 5.41) is 0. The summed E-state index contributed by atoms with van der Waals surface area (Å²) in [5.41, 5.74) is 6.05. The van der Waals surface area contributed by atoms with E-state index in [2.05, 4.69) is 18.6 Å². The van der Waals surface area contributed by atoms with Crippen molar-refractivity contribution in [1.29, 1.82) is 0 Å². The van der Waals surface area contributed by atoms with Crippen LogP contribution in [0.2, 0.25) is 0 Å². The van der Waals surface area contributed by atoms with E-state index in [1.54, 1.807) is 6.07 Å². The maximum Gasteiger partial charge on any atom is 0.242 e. The molecule has 0 bridgehead atoms. The number of nitrogens with one attached hydrogen (secondary N) is 1. The summed E-state index contributed by atoms with van der Waals surface area (Å²) in [6, 6.07) is 4.62. The minimum atomic E-state index is -3.59. The first-order chi connectivity index (χ1) is 9.83. The van der Waals surface area contributed by atoms with Crippen molar-refractivity contribution in [1.82, 2.24) is 4.72 Å². The third-order valence-corrected chi connectivity index (χ3v) is 6.02. The summed E-state index contributed by atoms with van der Waals surface area (Å²) in [5.74, 6) is 1.73. The molecule has 0 heterocycles. The molecule has 2 rings (SSSR count). The van der Waals surface area contributed by atoms with Gasteiger partial charge in [0.2, 0.25) is 10.0 Å². The zero-order chi connectivity index (χ0) is 15.6. The largest absolute Gasteiger partial charge is 0.497 e. The molecule has 1 aromatic carbocycles. The van der Waals surface area contributed by atoms with E-state index in [1.165, 1.54) is 19.2 Å². The predicted octanol–water partition coefficient (Wildman–Crippen LogP) is 2.38. The van der Waals surface area contributed by atoms with Crippen LogP contribution in [0.4, 0.5) is 5.69 Å². The number of sulfonamides is 1. The SMILES string of the molecule is COc1ccc(S(=O)(=O)NC2CCC(C)C(C)C2)c(N)c1. The monoisotopic (exact) mass is 312 g/mol. The molecule has 1 aromatic rings. The Labute approximate surface area is 126 Å². The maximum absolute atomic E-state index is 12.5. The topological polar surface area (TPSA) is 81.4 Å². The third kappa shape index (κ3) is 3.68. The smallest absolute Gasteiger partial charge is 0.242 e. The second-order valence-corrected chi connectivity index (χ2v) is 7.67. The molecule has 0 spiro atoms. The predicted molar refractivity (Wildman–Crippen MR) is 83.7 cm³/mol. The lowest BCUT2D eigenvalue weighted by Crippen LogP contribution is -2.40. The minimum Gasteiger partial charge on any atom is -0.497 e. The summed E-state index contributed by atoms with van der Waals surface area (Å²) in [6.07, 6.45) is 2.80. The van der Waals surface area contributed by atoms with Gasteiger partial charge in [-0.25, -0.2) is 13.1 Å². The van der Waals surface area contributed by atoms with Crippen molar-refractivity contribution < 1.29 is 13.2 Å². The fourth-order valence-electron chi connectivity index (χ4n) is 2.84. The highest BCUT2D eigenvalue weighted by Crippen LogP contribution is 2.31. The van der Waals surface area contributed by atoms with E-state index < -0.39 is 10.0 Å². The number of methoxy groups -OCH3 is 1. The second-order valence-electron chi connectivity index (χ2n) is 5.99. The van der Waals surface area contributed by atoms with Gasteiger partial charge in [0, 0.05) is 12.1 Å². The number of hydrogen-bond acceptors (Lipinski definition) is 4. The molecule has 3 atom stereocenters. The van der Waals surface area contributed by atoms with Crippen LogP contribution in [-0.4, -0.2) is 21.6 Å². The molecule has 1 aliphatic carbocycles. The molecule has 0 aliphatic heterocycles. The van der Waals surface area contributed by atoms with E-state index >= 15 is 0 Å². The van der Waals surface area contributed by atoms with Crippen LogP contribution in [0.5, 0.6) is 5.75 Å². The molecule has 0 aromatic heterocycles. The van der Waals surface area contributed by atoms with Gasteiger partial charge in [-0.15, -0.1) is 0 Å². The lowest BCUT2D eigenvalue weighted by atomic mass is 9.79. The van der Waals surface area contributed by atoms with Crippen LogP contribution < -0.4 is 15.2 Å². The van der Waals surface area contributed by atoms with Crippen LogP contribution in [0.25, 0.3) is 0 Å². The average Bonchev–Trinajstić information content (AvgIpc) is 2.42. The van der Waals surface area contributed by atoms with Crippen LogP contribution in [0.1, 0.15) is 33.1 Å². The van der Waals surface area contributed by atoms with Gasteiger partial charge < -0.3 is 10.5 Å². The van der Waals surface area contributed by atoms with Crippen LogP contribution in [0, 0.1) is 11.8 Å². The average molecular weight is 312 g/mol. The Morgan fingerprint density at radius 3 is 2.52 bits per heavy atom. The number of ether oxygens (including phenoxy) is 1. The Morgan fingerprint density at radius 1 is 1.24 bits per heavy atom. The van der Waals surface area contributed by atoms with Gasteiger partial charge in [0.15, 0.2) is 0 Å². The number of hydrogen-bond donors (Lipinski definition) is 2. The van der Waals surface area contributed by atoms with Crippen molar-refractivity contribution >= 4 is 15.7 Å². The van der Waals surface area contributed by atoms with E-state index in [4.69, 9.17) is 10.5 Å². The summed E-state index contributed by atoms with van der Waals surface area (Å²) >= 11 is 0. The molecule has 6 heteroatoms. The van der Waals surface area contributed by atoms with E-state index in [9.17, 15) is 8.42 Å². The zero-order valence-corrected chi connectivity index (χ0v) is 13.6. The Hall–Kier alpha value is -1.27. The molecule has 0 amide bonds. The molecule has 3 unspecified atom stereocenters. The molecule has 0 saturated heterocycles. The number of benzene rings is 1. The Bertz CT molecular complexity index is 601. The van der Waals surface area contributed by atoms with Crippen molar-refractivity contribution in [3.8, 4) is 5.75 Å². The Kier molecular flexibility index (Phi) is 4.78. The number of nitrogen functional groups attached to an aromatic ring is 1. The fraction of sp³-hybridized carbons (Fsp3) is 0.600. The van der Waals surface area contributed by atoms with E-state index in [1.807, 2.05) is 0 Å². The molecular formula is C15H24N2O3S. The van der Waals surface area contributed by atoms with Crippen molar-refractivity contribution in [2.24, 2.45) is 11.8 Å². The first-order valence-electron chi connectivity index (χ1n) is 7.29. The van der Waals surface area contributed by atoms with E-state index in [0.717, 1.165) is 19.3 Å². The first kappa shape index (κ1) is 16.1. The van der Waals surface area contributed by atoms with Crippen molar-refractivity contribution in [3.63, 3.8) is 0 Å². The highest BCUT2D eigenvalue weighted by atomic mass is 32.2. The van der Waals surface area contributed by atoms with E-state index in [-0.39, 0.29) is 16.6 Å². The third-order valence-electron chi connectivity index (χ3n) is 4.43. The van der Waals surface area contributed by atoms with Crippen molar-refractivity contribution in [2.45, 2.75) is 44.0 Å². The lowest BCUT2D eigenvalue weighted by Gasteiger charge is -2.32. The maximum atomic E-state index is 12.5. The molecule has 0 radical (unpaired) electrons. The van der Waals surface area contributed by atoms with Gasteiger partial charge in [0.1, 0.15) is 10.6 Å². The standard InChI is InChI=1S/C15H24N2O3S/c1-10-4-5-12(8-11(10)2)17-21(18,19)15-7-6-13(20-3)9-14(15)16/h6-7,9-12,17H,4-5,8,16H2,1-3H3. The zero-order valence-electron chi connectivity index (χ0n) is 12.8. The van der Waals surface area contributed by atoms with Crippen LogP contribution >= 0.6 is 0 Å². The summed E-state index contributed by atoms with van der Waals surface area (Å²) < 4.78 is 32.8. The van der Waals surface area contributed by atoms with Crippen molar-refractivity contribution in [2.75, 3.05) is 12.8 Å². The molecular weight excluding hydrogens is 288 g/mol. The second kappa shape index (κ2) is 6.23. The summed E-state index contributed by atoms with van der Waals surface area (Å²) in [4.78, 5) is 0.120. The van der Waals surface area contributed by atoms with Crippen LogP contribution in [0.15, 0.2) is 23.1 Å². The van der Waals surface area contributed by atoms with Gasteiger partial charge >= 0.3 is 0 Å². The van der Waals surface area contributed by atoms with Gasteiger partial charge in [0.25, 0.3) is 0 Å². The molecule has 3 N–H and O–H groups in total. The van der Waals surface area contributed by atoms with Gasteiger partial charge in [-0.2, -0.15) is 0 Å². The van der Waals surface area contributed by atoms with Crippen LogP contribution in [-0.2, 0) is 10.0 Å². The number of nitrogens with two attached hydrogens (primary N) is 1.